The molecule has 0 aliphatic carbocycles. The summed E-state index contributed by atoms with van der Waals surface area (Å²) in [7, 11) is 0. The number of carbonyl (C=O) groups is 2. The molecule has 116 valence electrons. The van der Waals surface area contributed by atoms with Gasteiger partial charge in [-0.3, -0.25) is 14.6 Å². The van der Waals surface area contributed by atoms with E-state index in [1.54, 1.807) is 11.1 Å². The minimum absolute atomic E-state index is 0.0782. The van der Waals surface area contributed by atoms with Gasteiger partial charge in [-0.2, -0.15) is 0 Å². The molecule has 0 radical (unpaired) electrons. The van der Waals surface area contributed by atoms with Gasteiger partial charge in [0.1, 0.15) is 0 Å². The molecule has 0 aliphatic rings. The molecule has 2 amide bonds. The average Bonchev–Trinajstić information content (AvgIpc) is 2.49. The van der Waals surface area contributed by atoms with E-state index >= 15 is 0 Å². The number of thioether (sulfide) groups is 1. The fourth-order valence-electron chi connectivity index (χ4n) is 1.89. The van der Waals surface area contributed by atoms with Gasteiger partial charge in [0, 0.05) is 19.3 Å². The van der Waals surface area contributed by atoms with Crippen LogP contribution >= 0.6 is 11.8 Å². The predicted molar refractivity (Wildman–Crippen MR) is 86.0 cm³/mol. The Kier molecular flexibility index (Phi) is 7.82. The number of hydrogen-bond acceptors (Lipinski definition) is 4. The molecule has 1 unspecified atom stereocenters. The van der Waals surface area contributed by atoms with Gasteiger partial charge in [-0.05, 0) is 32.9 Å². The summed E-state index contributed by atoms with van der Waals surface area (Å²) in [6.07, 6.45) is 1.70. The van der Waals surface area contributed by atoms with Crippen molar-refractivity contribution in [3.05, 3.63) is 30.1 Å². The summed E-state index contributed by atoms with van der Waals surface area (Å²) in [4.78, 5) is 29.6. The Hall–Kier alpha value is -1.56. The molecule has 21 heavy (non-hydrogen) atoms. The van der Waals surface area contributed by atoms with E-state index in [4.69, 9.17) is 0 Å². The molecule has 1 aromatic heterocycles. The topological polar surface area (TPSA) is 62.3 Å². The fourth-order valence-corrected chi connectivity index (χ4v) is 2.62. The molecule has 6 heteroatoms. The highest BCUT2D eigenvalue weighted by Gasteiger charge is 2.13. The summed E-state index contributed by atoms with van der Waals surface area (Å²) in [6.45, 7) is 7.21. The zero-order valence-corrected chi connectivity index (χ0v) is 13.7. The average molecular weight is 309 g/mol. The number of aromatic nitrogens is 1. The lowest BCUT2D eigenvalue weighted by Crippen LogP contribution is -2.33. The SMILES string of the molecule is CCN(CC)C(=O)CSCC(=O)NC(C)c1ccccn1. The summed E-state index contributed by atoms with van der Waals surface area (Å²) in [6, 6.07) is 5.48. The molecule has 0 saturated heterocycles. The van der Waals surface area contributed by atoms with Crippen LogP contribution in [0.3, 0.4) is 0 Å². The van der Waals surface area contributed by atoms with E-state index in [0.29, 0.717) is 18.8 Å². The second kappa shape index (κ2) is 9.39. The first-order chi connectivity index (χ1) is 10.1. The summed E-state index contributed by atoms with van der Waals surface area (Å²) in [5.41, 5.74) is 0.829. The molecule has 1 N–H and O–H groups in total. The van der Waals surface area contributed by atoms with Gasteiger partial charge < -0.3 is 10.2 Å². The minimum Gasteiger partial charge on any atom is -0.347 e. The Morgan fingerprint density at radius 1 is 1.29 bits per heavy atom. The van der Waals surface area contributed by atoms with Crippen molar-refractivity contribution in [2.75, 3.05) is 24.6 Å². The largest absolute Gasteiger partial charge is 0.347 e. The fraction of sp³-hybridized carbons (Fsp3) is 0.533. The standard InChI is InChI=1S/C15H23N3O2S/c1-4-18(5-2)15(20)11-21-10-14(19)17-12(3)13-8-6-7-9-16-13/h6-9,12H,4-5,10-11H2,1-3H3,(H,17,19). The molecule has 0 aromatic carbocycles. The number of carbonyl (C=O) groups excluding carboxylic acids is 2. The van der Waals surface area contributed by atoms with Gasteiger partial charge in [-0.25, -0.2) is 0 Å². The van der Waals surface area contributed by atoms with Crippen molar-refractivity contribution in [1.29, 1.82) is 0 Å². The second-order valence-corrected chi connectivity index (χ2v) is 5.59. The van der Waals surface area contributed by atoms with Crippen molar-refractivity contribution in [3.63, 3.8) is 0 Å². The van der Waals surface area contributed by atoms with Crippen molar-refractivity contribution in [2.24, 2.45) is 0 Å². The quantitative estimate of drug-likeness (QED) is 0.796. The van der Waals surface area contributed by atoms with Gasteiger partial charge in [-0.1, -0.05) is 6.07 Å². The van der Waals surface area contributed by atoms with E-state index in [-0.39, 0.29) is 23.6 Å². The van der Waals surface area contributed by atoms with Crippen molar-refractivity contribution >= 4 is 23.6 Å². The van der Waals surface area contributed by atoms with E-state index in [1.807, 2.05) is 39.0 Å². The number of hydrogen-bond donors (Lipinski definition) is 1. The first kappa shape index (κ1) is 17.5. The Labute approximate surface area is 130 Å². The molecular weight excluding hydrogens is 286 g/mol. The lowest BCUT2D eigenvalue weighted by Gasteiger charge is -2.18. The van der Waals surface area contributed by atoms with Crippen LogP contribution in [0.25, 0.3) is 0 Å². The maximum Gasteiger partial charge on any atom is 0.232 e. The van der Waals surface area contributed by atoms with Crippen LogP contribution < -0.4 is 5.32 Å². The molecule has 1 atom stereocenters. The zero-order valence-electron chi connectivity index (χ0n) is 12.8. The highest BCUT2D eigenvalue weighted by Crippen LogP contribution is 2.09. The Morgan fingerprint density at radius 2 is 2.00 bits per heavy atom. The van der Waals surface area contributed by atoms with Gasteiger partial charge in [0.25, 0.3) is 0 Å². The van der Waals surface area contributed by atoms with Gasteiger partial charge in [0.15, 0.2) is 0 Å². The molecule has 1 rings (SSSR count). The van der Waals surface area contributed by atoms with Gasteiger partial charge in [-0.15, -0.1) is 11.8 Å². The van der Waals surface area contributed by atoms with E-state index < -0.39 is 0 Å². The third-order valence-corrected chi connectivity index (χ3v) is 4.00. The van der Waals surface area contributed by atoms with Crippen LogP contribution in [-0.4, -0.2) is 46.3 Å². The number of pyridine rings is 1. The van der Waals surface area contributed by atoms with Crippen LogP contribution in [-0.2, 0) is 9.59 Å². The van der Waals surface area contributed by atoms with Crippen LogP contribution in [0.5, 0.6) is 0 Å². The Bertz CT molecular complexity index is 449. The van der Waals surface area contributed by atoms with Crippen LogP contribution in [0.1, 0.15) is 32.5 Å². The summed E-state index contributed by atoms with van der Waals surface area (Å²) < 4.78 is 0. The summed E-state index contributed by atoms with van der Waals surface area (Å²) in [5, 5.41) is 2.88. The first-order valence-corrected chi connectivity index (χ1v) is 8.29. The number of rotatable bonds is 8. The van der Waals surface area contributed by atoms with Crippen LogP contribution in [0.4, 0.5) is 0 Å². The van der Waals surface area contributed by atoms with Crippen molar-refractivity contribution in [3.8, 4) is 0 Å². The van der Waals surface area contributed by atoms with E-state index in [2.05, 4.69) is 10.3 Å². The van der Waals surface area contributed by atoms with Gasteiger partial charge in [0.05, 0.1) is 23.2 Å². The molecule has 0 fully saturated rings. The molecule has 5 nitrogen and oxygen atoms in total. The van der Waals surface area contributed by atoms with Crippen LogP contribution in [0.15, 0.2) is 24.4 Å². The lowest BCUT2D eigenvalue weighted by molar-refractivity contribution is -0.127. The van der Waals surface area contributed by atoms with Crippen molar-refractivity contribution < 1.29 is 9.59 Å². The van der Waals surface area contributed by atoms with Crippen LogP contribution in [0, 0.1) is 0 Å². The maximum absolute atomic E-state index is 11.8. The second-order valence-electron chi connectivity index (χ2n) is 4.60. The number of nitrogens with zero attached hydrogens (tertiary/aromatic N) is 2. The highest BCUT2D eigenvalue weighted by molar-refractivity contribution is 8.00. The molecule has 0 spiro atoms. The summed E-state index contributed by atoms with van der Waals surface area (Å²) in [5.74, 6) is 0.623. The number of amides is 2. The van der Waals surface area contributed by atoms with Crippen molar-refractivity contribution in [2.45, 2.75) is 26.8 Å². The van der Waals surface area contributed by atoms with Crippen molar-refractivity contribution in [1.82, 2.24) is 15.2 Å². The summed E-state index contributed by atoms with van der Waals surface area (Å²) >= 11 is 1.34. The van der Waals surface area contributed by atoms with Gasteiger partial charge in [0.2, 0.25) is 11.8 Å². The highest BCUT2D eigenvalue weighted by atomic mass is 32.2. The molecule has 1 aromatic rings. The Balaban J connectivity index is 2.30. The first-order valence-electron chi connectivity index (χ1n) is 7.14. The smallest absolute Gasteiger partial charge is 0.232 e. The predicted octanol–water partition coefficient (Wildman–Crippen LogP) is 1.86. The minimum atomic E-state index is -0.127. The molecule has 0 saturated carbocycles. The lowest BCUT2D eigenvalue weighted by atomic mass is 10.2. The van der Waals surface area contributed by atoms with Crippen LogP contribution in [0.2, 0.25) is 0 Å². The van der Waals surface area contributed by atoms with E-state index in [0.717, 1.165) is 5.69 Å². The number of nitrogens with one attached hydrogen (secondary N) is 1. The molecule has 1 heterocycles. The van der Waals surface area contributed by atoms with E-state index in [9.17, 15) is 9.59 Å². The maximum atomic E-state index is 11.8. The Morgan fingerprint density at radius 3 is 2.57 bits per heavy atom. The van der Waals surface area contributed by atoms with Gasteiger partial charge >= 0.3 is 0 Å². The normalized spacial score (nSPS) is 11.8. The zero-order chi connectivity index (χ0) is 15.7. The monoisotopic (exact) mass is 309 g/mol. The third-order valence-electron chi connectivity index (χ3n) is 3.08. The molecular formula is C15H23N3O2S. The van der Waals surface area contributed by atoms with E-state index in [1.165, 1.54) is 11.8 Å². The molecule has 0 bridgehead atoms. The molecule has 0 aliphatic heterocycles. The third kappa shape index (κ3) is 6.16.